The highest BCUT2D eigenvalue weighted by Crippen LogP contribution is 2.08. The van der Waals surface area contributed by atoms with Gasteiger partial charge >= 0.3 is 0 Å². The van der Waals surface area contributed by atoms with Gasteiger partial charge in [0.2, 0.25) is 0 Å². The average molecular weight is 128 g/mol. The van der Waals surface area contributed by atoms with Gasteiger partial charge in [-0.15, -0.1) is 0 Å². The van der Waals surface area contributed by atoms with Gasteiger partial charge < -0.3 is 0 Å². The first-order valence-corrected chi connectivity index (χ1v) is 5.41. The second kappa shape index (κ2) is 3.02. The van der Waals surface area contributed by atoms with Crippen LogP contribution in [0.4, 0.5) is 0 Å². The van der Waals surface area contributed by atoms with Crippen LogP contribution in [-0.4, -0.2) is 15.3 Å². The van der Waals surface area contributed by atoms with E-state index in [1.165, 1.54) is 18.5 Å². The second-order valence-electron chi connectivity index (χ2n) is 2.45. The van der Waals surface area contributed by atoms with Gasteiger partial charge in [-0.25, -0.2) is 0 Å². The van der Waals surface area contributed by atoms with E-state index in [0.717, 1.165) is 12.8 Å². The summed E-state index contributed by atoms with van der Waals surface area (Å²) in [6, 6.07) is 2.69. The van der Waals surface area contributed by atoms with Gasteiger partial charge in [0.15, 0.2) is 0 Å². The van der Waals surface area contributed by atoms with Crippen LogP contribution in [0.3, 0.4) is 0 Å². The Morgan fingerprint density at radius 1 is 1.25 bits per heavy atom. The first-order valence-electron chi connectivity index (χ1n) is 3.41. The molecule has 1 aliphatic rings. The predicted molar refractivity (Wildman–Crippen MR) is 37.0 cm³/mol. The van der Waals surface area contributed by atoms with Crippen molar-refractivity contribution in [3.05, 3.63) is 0 Å². The van der Waals surface area contributed by atoms with Crippen molar-refractivity contribution >= 4 is 15.3 Å². The molecule has 0 atom stereocenters. The van der Waals surface area contributed by atoms with Gasteiger partial charge in [0, 0.05) is 22.4 Å². The summed E-state index contributed by atoms with van der Waals surface area (Å²) >= 11 is 0. The predicted octanol–water partition coefficient (Wildman–Crippen LogP) is 0.745. The zero-order chi connectivity index (χ0) is 5.82. The highest BCUT2D eigenvalue weighted by atomic mass is 28.2. The van der Waals surface area contributed by atoms with Gasteiger partial charge in [-0.2, -0.15) is 0 Å². The lowest BCUT2D eigenvalue weighted by Gasteiger charge is -1.87. The monoisotopic (exact) mass is 128 g/mol. The minimum absolute atomic E-state index is 0.221. The molecule has 0 N–H and O–H groups in total. The SMILES string of the molecule is O=C1CCC[SiH2]CC1. The van der Waals surface area contributed by atoms with E-state index in [1.807, 2.05) is 0 Å². The maximum atomic E-state index is 10.7. The molecule has 0 aromatic rings. The summed E-state index contributed by atoms with van der Waals surface area (Å²) in [6.07, 6.45) is 2.99. The lowest BCUT2D eigenvalue weighted by atomic mass is 10.2. The zero-order valence-corrected chi connectivity index (χ0v) is 6.57. The largest absolute Gasteiger partial charge is 0.300 e. The second-order valence-corrected chi connectivity index (χ2v) is 4.57. The smallest absolute Gasteiger partial charge is 0.132 e. The molecule has 1 heterocycles. The minimum Gasteiger partial charge on any atom is -0.300 e. The van der Waals surface area contributed by atoms with E-state index in [0.29, 0.717) is 5.78 Å². The fourth-order valence-electron chi connectivity index (χ4n) is 1.12. The molecule has 0 radical (unpaired) electrons. The number of hydrogen-bond donors (Lipinski definition) is 0. The molecule has 0 aromatic carbocycles. The molecule has 1 rings (SSSR count). The summed E-state index contributed by atoms with van der Waals surface area (Å²) < 4.78 is 0. The summed E-state index contributed by atoms with van der Waals surface area (Å²) in [5.74, 6) is 0.509. The molecule has 0 saturated carbocycles. The minimum atomic E-state index is 0.221. The molecule has 0 unspecified atom stereocenters. The normalized spacial score (nSPS) is 25.8. The number of Topliss-reactive ketones (excluding diaryl/α,β-unsaturated/α-hetero) is 1. The number of hydrogen-bond acceptors (Lipinski definition) is 1. The topological polar surface area (TPSA) is 17.1 Å². The number of carbonyl (C=O) groups is 1. The van der Waals surface area contributed by atoms with Gasteiger partial charge in [0.1, 0.15) is 5.78 Å². The van der Waals surface area contributed by atoms with Crippen molar-refractivity contribution in [3.8, 4) is 0 Å². The molecule has 46 valence electrons. The number of carbonyl (C=O) groups excluding carboxylic acids is 1. The molecule has 0 aliphatic carbocycles. The molecule has 0 spiro atoms. The van der Waals surface area contributed by atoms with E-state index >= 15 is 0 Å². The Morgan fingerprint density at radius 2 is 2.12 bits per heavy atom. The average Bonchev–Trinajstić information content (AvgIpc) is 1.94. The zero-order valence-electron chi connectivity index (χ0n) is 5.15. The van der Waals surface area contributed by atoms with Crippen molar-refractivity contribution < 1.29 is 4.79 Å². The Hall–Kier alpha value is -0.113. The molecule has 1 aliphatic heterocycles. The summed E-state index contributed by atoms with van der Waals surface area (Å²) in [6.45, 7) is 0. The molecular weight excluding hydrogens is 116 g/mol. The summed E-state index contributed by atoms with van der Waals surface area (Å²) in [5.41, 5.74) is 0. The third-order valence-electron chi connectivity index (χ3n) is 1.66. The van der Waals surface area contributed by atoms with E-state index in [4.69, 9.17) is 0 Å². The van der Waals surface area contributed by atoms with Gasteiger partial charge in [0.25, 0.3) is 0 Å². The van der Waals surface area contributed by atoms with Gasteiger partial charge in [0.05, 0.1) is 0 Å². The molecule has 2 heteroatoms. The highest BCUT2D eigenvalue weighted by molar-refractivity contribution is 6.36. The van der Waals surface area contributed by atoms with Crippen LogP contribution in [0.15, 0.2) is 0 Å². The Balaban J connectivity index is 2.27. The van der Waals surface area contributed by atoms with Crippen LogP contribution in [0.1, 0.15) is 19.3 Å². The Labute approximate surface area is 52.3 Å². The van der Waals surface area contributed by atoms with Crippen molar-refractivity contribution in [2.45, 2.75) is 31.4 Å². The highest BCUT2D eigenvalue weighted by Gasteiger charge is 2.05. The fourth-order valence-corrected chi connectivity index (χ4v) is 2.72. The molecule has 8 heavy (non-hydrogen) atoms. The summed E-state index contributed by atoms with van der Waals surface area (Å²) in [5, 5.41) is 0. The third-order valence-corrected chi connectivity index (χ3v) is 3.51. The van der Waals surface area contributed by atoms with Crippen molar-refractivity contribution in [2.75, 3.05) is 0 Å². The van der Waals surface area contributed by atoms with E-state index in [-0.39, 0.29) is 9.52 Å². The number of ketones is 1. The Bertz CT molecular complexity index is 80.5. The van der Waals surface area contributed by atoms with Gasteiger partial charge in [-0.3, -0.25) is 4.79 Å². The lowest BCUT2D eigenvalue weighted by molar-refractivity contribution is -0.118. The molecular formula is C6H12OSi. The Kier molecular flexibility index (Phi) is 2.27. The van der Waals surface area contributed by atoms with Gasteiger partial charge in [-0.05, 0) is 6.42 Å². The first-order chi connectivity index (χ1) is 3.89. The van der Waals surface area contributed by atoms with E-state index in [1.54, 1.807) is 0 Å². The van der Waals surface area contributed by atoms with E-state index in [9.17, 15) is 4.79 Å². The van der Waals surface area contributed by atoms with Crippen LogP contribution in [0.2, 0.25) is 12.1 Å². The molecule has 0 bridgehead atoms. The van der Waals surface area contributed by atoms with Crippen LogP contribution in [0.5, 0.6) is 0 Å². The summed E-state index contributed by atoms with van der Waals surface area (Å²) in [7, 11) is 0.221. The van der Waals surface area contributed by atoms with E-state index < -0.39 is 0 Å². The lowest BCUT2D eigenvalue weighted by Crippen LogP contribution is -1.92. The van der Waals surface area contributed by atoms with Crippen molar-refractivity contribution in [3.63, 3.8) is 0 Å². The van der Waals surface area contributed by atoms with Crippen LogP contribution in [0.25, 0.3) is 0 Å². The van der Waals surface area contributed by atoms with E-state index in [2.05, 4.69) is 0 Å². The van der Waals surface area contributed by atoms with Crippen molar-refractivity contribution in [1.29, 1.82) is 0 Å². The van der Waals surface area contributed by atoms with Crippen LogP contribution < -0.4 is 0 Å². The van der Waals surface area contributed by atoms with Crippen LogP contribution >= 0.6 is 0 Å². The standard InChI is InChI=1S/C6H12OSi/c7-6-2-1-4-8-5-3-6/h1-5,8H2. The molecule has 1 nitrogen and oxygen atoms in total. The van der Waals surface area contributed by atoms with Crippen molar-refractivity contribution in [1.82, 2.24) is 0 Å². The van der Waals surface area contributed by atoms with Crippen LogP contribution in [0, 0.1) is 0 Å². The molecule has 1 fully saturated rings. The molecule has 1 saturated heterocycles. The maximum absolute atomic E-state index is 10.7. The van der Waals surface area contributed by atoms with Gasteiger partial charge in [-0.1, -0.05) is 12.1 Å². The third kappa shape index (κ3) is 1.78. The summed E-state index contributed by atoms with van der Waals surface area (Å²) in [4.78, 5) is 10.7. The van der Waals surface area contributed by atoms with Crippen molar-refractivity contribution in [2.24, 2.45) is 0 Å². The quantitative estimate of drug-likeness (QED) is 0.440. The Morgan fingerprint density at radius 3 is 3.00 bits per heavy atom. The molecule has 0 amide bonds. The first kappa shape index (κ1) is 6.01. The van der Waals surface area contributed by atoms with Crippen LogP contribution in [-0.2, 0) is 4.79 Å². The molecule has 0 aromatic heterocycles. The maximum Gasteiger partial charge on any atom is 0.132 e. The number of rotatable bonds is 0. The fraction of sp³-hybridized carbons (Fsp3) is 0.833.